The summed E-state index contributed by atoms with van der Waals surface area (Å²) in [5.74, 6) is -0.965. The van der Waals surface area contributed by atoms with Gasteiger partial charge in [0.2, 0.25) is 11.9 Å². The van der Waals surface area contributed by atoms with Gasteiger partial charge < -0.3 is 14.9 Å². The molecule has 0 fully saturated rings. The van der Waals surface area contributed by atoms with E-state index in [1.54, 1.807) is 59.5 Å². The zero-order valence-electron chi connectivity index (χ0n) is 12.7. The van der Waals surface area contributed by atoms with E-state index in [2.05, 4.69) is 5.10 Å². The molecule has 24 heavy (non-hydrogen) atoms. The van der Waals surface area contributed by atoms with E-state index in [0.717, 1.165) is 0 Å². The zero-order chi connectivity index (χ0) is 16.9. The summed E-state index contributed by atoms with van der Waals surface area (Å²) < 4.78 is 12.3. The van der Waals surface area contributed by atoms with Crippen molar-refractivity contribution in [3.05, 3.63) is 78.0 Å². The minimum Gasteiger partial charge on any atom is -0.452 e. The molecule has 0 aliphatic carbocycles. The summed E-state index contributed by atoms with van der Waals surface area (Å²) in [6, 6.07) is 13.5. The highest BCUT2D eigenvalue weighted by atomic mass is 16.6. The molecule has 0 spiro atoms. The van der Waals surface area contributed by atoms with Gasteiger partial charge in [-0.3, -0.25) is 9.48 Å². The van der Waals surface area contributed by atoms with Crippen LogP contribution >= 0.6 is 0 Å². The number of furan rings is 1. The summed E-state index contributed by atoms with van der Waals surface area (Å²) in [5.41, 5.74) is 5.83. The quantitative estimate of drug-likeness (QED) is 0.698. The van der Waals surface area contributed by atoms with Crippen LogP contribution in [-0.2, 0) is 16.1 Å². The third-order valence-electron chi connectivity index (χ3n) is 3.33. The summed E-state index contributed by atoms with van der Waals surface area (Å²) >= 11 is 0. The number of rotatable bonds is 6. The number of hydrogen-bond donors (Lipinski definition) is 1. The van der Waals surface area contributed by atoms with Crippen LogP contribution in [0.1, 0.15) is 28.0 Å². The van der Waals surface area contributed by atoms with Crippen molar-refractivity contribution in [2.75, 3.05) is 0 Å². The summed E-state index contributed by atoms with van der Waals surface area (Å²) in [5, 5.41) is 4.06. The van der Waals surface area contributed by atoms with E-state index in [9.17, 15) is 9.59 Å². The molecule has 3 rings (SSSR count). The van der Waals surface area contributed by atoms with Crippen LogP contribution in [0.4, 0.5) is 0 Å². The van der Waals surface area contributed by atoms with Crippen LogP contribution in [0.3, 0.4) is 0 Å². The number of primary amides is 1. The molecule has 1 amide bonds. The molecule has 2 heterocycles. The second-order valence-electron chi connectivity index (χ2n) is 5.07. The lowest BCUT2D eigenvalue weighted by Crippen LogP contribution is -2.26. The van der Waals surface area contributed by atoms with Crippen molar-refractivity contribution < 1.29 is 18.7 Å². The van der Waals surface area contributed by atoms with E-state index >= 15 is 0 Å². The van der Waals surface area contributed by atoms with E-state index in [-0.39, 0.29) is 5.76 Å². The molecule has 122 valence electrons. The van der Waals surface area contributed by atoms with Crippen molar-refractivity contribution in [3.8, 4) is 0 Å². The first-order chi connectivity index (χ1) is 11.6. The number of nitrogens with two attached hydrogens (primary N) is 1. The maximum absolute atomic E-state index is 12.2. The second kappa shape index (κ2) is 6.82. The Balaban J connectivity index is 1.72. The molecular weight excluding hydrogens is 310 g/mol. The fraction of sp³-hybridized carbons (Fsp3) is 0.118. The maximum Gasteiger partial charge on any atom is 0.375 e. The molecule has 3 aromatic rings. The van der Waals surface area contributed by atoms with Crippen LogP contribution in [0, 0.1) is 0 Å². The van der Waals surface area contributed by atoms with Gasteiger partial charge in [0.25, 0.3) is 5.91 Å². The fourth-order valence-corrected chi connectivity index (χ4v) is 2.21. The van der Waals surface area contributed by atoms with Gasteiger partial charge in [0.1, 0.15) is 5.76 Å². The number of benzene rings is 1. The van der Waals surface area contributed by atoms with Gasteiger partial charge in [-0.15, -0.1) is 0 Å². The van der Waals surface area contributed by atoms with Crippen molar-refractivity contribution >= 4 is 11.9 Å². The second-order valence-corrected chi connectivity index (χ2v) is 5.07. The Hall–Kier alpha value is -3.35. The Morgan fingerprint density at radius 3 is 2.62 bits per heavy atom. The largest absolute Gasteiger partial charge is 0.452 e. The SMILES string of the molecule is NC(=O)C(OC(=O)c1ccc(Cn2cccn2)o1)c1ccccc1. The van der Waals surface area contributed by atoms with Gasteiger partial charge in [-0.2, -0.15) is 5.10 Å². The van der Waals surface area contributed by atoms with E-state index in [1.807, 2.05) is 0 Å². The van der Waals surface area contributed by atoms with Gasteiger partial charge in [-0.1, -0.05) is 30.3 Å². The summed E-state index contributed by atoms with van der Waals surface area (Å²) in [6.07, 6.45) is 2.26. The minimum atomic E-state index is -1.17. The van der Waals surface area contributed by atoms with Crippen molar-refractivity contribution in [2.45, 2.75) is 12.6 Å². The average Bonchev–Trinajstić information content (AvgIpc) is 3.25. The number of hydrogen-bond acceptors (Lipinski definition) is 5. The minimum absolute atomic E-state index is 0.000614. The van der Waals surface area contributed by atoms with E-state index in [0.29, 0.717) is 17.9 Å². The Morgan fingerprint density at radius 1 is 1.17 bits per heavy atom. The van der Waals surface area contributed by atoms with E-state index in [1.165, 1.54) is 6.07 Å². The molecule has 1 unspecified atom stereocenters. The molecule has 0 radical (unpaired) electrons. The molecule has 1 aromatic carbocycles. The van der Waals surface area contributed by atoms with Crippen molar-refractivity contribution in [1.82, 2.24) is 9.78 Å². The van der Waals surface area contributed by atoms with Crippen LogP contribution in [0.25, 0.3) is 0 Å². The van der Waals surface area contributed by atoms with Crippen molar-refractivity contribution in [2.24, 2.45) is 5.73 Å². The lowest BCUT2D eigenvalue weighted by molar-refractivity contribution is -0.127. The van der Waals surface area contributed by atoms with E-state index in [4.69, 9.17) is 14.9 Å². The summed E-state index contributed by atoms with van der Waals surface area (Å²) in [7, 11) is 0. The fourth-order valence-electron chi connectivity index (χ4n) is 2.21. The highest BCUT2D eigenvalue weighted by Gasteiger charge is 2.24. The number of carbonyl (C=O) groups is 2. The maximum atomic E-state index is 12.2. The van der Waals surface area contributed by atoms with E-state index < -0.39 is 18.0 Å². The average molecular weight is 325 g/mol. The number of ether oxygens (including phenoxy) is 1. The molecule has 7 heteroatoms. The zero-order valence-corrected chi connectivity index (χ0v) is 12.7. The Bertz CT molecular complexity index is 825. The predicted octanol–water partition coefficient (Wildman–Crippen LogP) is 1.91. The third kappa shape index (κ3) is 3.52. The summed E-state index contributed by atoms with van der Waals surface area (Å²) in [4.78, 5) is 23.8. The number of carbonyl (C=O) groups excluding carboxylic acids is 2. The molecule has 7 nitrogen and oxygen atoms in total. The molecular formula is C17H15N3O4. The Kier molecular flexibility index (Phi) is 4.42. The summed E-state index contributed by atoms with van der Waals surface area (Å²) in [6.45, 7) is 0.387. The molecule has 1 atom stereocenters. The highest BCUT2D eigenvalue weighted by Crippen LogP contribution is 2.20. The van der Waals surface area contributed by atoms with Crippen molar-refractivity contribution in [1.29, 1.82) is 0 Å². The molecule has 0 bridgehead atoms. The van der Waals surface area contributed by atoms with Gasteiger partial charge in [0.05, 0.1) is 6.54 Å². The van der Waals surface area contributed by atoms with Gasteiger partial charge in [0.15, 0.2) is 0 Å². The standard InChI is InChI=1S/C17H15N3O4/c18-16(21)15(12-5-2-1-3-6-12)24-17(22)14-8-7-13(23-14)11-20-10-4-9-19-20/h1-10,15H,11H2,(H2,18,21). The lowest BCUT2D eigenvalue weighted by Gasteiger charge is -2.14. The van der Waals surface area contributed by atoms with Gasteiger partial charge in [-0.05, 0) is 18.2 Å². The van der Waals surface area contributed by atoms with Crippen LogP contribution in [-0.4, -0.2) is 21.7 Å². The number of amides is 1. The molecule has 0 saturated carbocycles. The number of nitrogens with zero attached hydrogens (tertiary/aromatic N) is 2. The molecule has 0 aliphatic rings. The first kappa shape index (κ1) is 15.5. The molecule has 0 aliphatic heterocycles. The first-order valence-corrected chi connectivity index (χ1v) is 7.25. The van der Waals surface area contributed by atoms with Gasteiger partial charge in [-0.25, -0.2) is 4.79 Å². The first-order valence-electron chi connectivity index (χ1n) is 7.25. The van der Waals surface area contributed by atoms with Crippen LogP contribution in [0.15, 0.2) is 65.3 Å². The van der Waals surface area contributed by atoms with Gasteiger partial charge in [0, 0.05) is 18.0 Å². The number of aromatic nitrogens is 2. The predicted molar refractivity (Wildman–Crippen MR) is 83.8 cm³/mol. The normalized spacial score (nSPS) is 11.8. The third-order valence-corrected chi connectivity index (χ3v) is 3.33. The monoisotopic (exact) mass is 325 g/mol. The van der Waals surface area contributed by atoms with Crippen molar-refractivity contribution in [3.63, 3.8) is 0 Å². The topological polar surface area (TPSA) is 100 Å². The highest BCUT2D eigenvalue weighted by molar-refractivity contribution is 5.90. The lowest BCUT2D eigenvalue weighted by atomic mass is 10.1. The number of esters is 1. The Morgan fingerprint density at radius 2 is 1.96 bits per heavy atom. The molecule has 2 aromatic heterocycles. The Labute approximate surface area is 137 Å². The molecule has 0 saturated heterocycles. The van der Waals surface area contributed by atoms with Crippen LogP contribution in [0.2, 0.25) is 0 Å². The van der Waals surface area contributed by atoms with Gasteiger partial charge >= 0.3 is 5.97 Å². The molecule has 2 N–H and O–H groups in total. The van der Waals surface area contributed by atoms with Crippen LogP contribution < -0.4 is 5.73 Å². The smallest absolute Gasteiger partial charge is 0.375 e. The van der Waals surface area contributed by atoms with Crippen LogP contribution in [0.5, 0.6) is 0 Å².